The van der Waals surface area contributed by atoms with Gasteiger partial charge in [0.2, 0.25) is 0 Å². The Kier molecular flexibility index (Phi) is 5.34. The average molecular weight is 474 g/mol. The van der Waals surface area contributed by atoms with Gasteiger partial charge in [0.05, 0.1) is 30.7 Å². The first kappa shape index (κ1) is 21.7. The number of alkyl halides is 3. The first-order valence-electron chi connectivity index (χ1n) is 10.3. The second-order valence-electron chi connectivity index (χ2n) is 7.87. The number of furan rings is 1. The van der Waals surface area contributed by atoms with Crippen molar-refractivity contribution in [2.24, 2.45) is 0 Å². The van der Waals surface area contributed by atoms with E-state index in [1.54, 1.807) is 30.5 Å². The normalized spacial score (nSPS) is 17.8. The summed E-state index contributed by atoms with van der Waals surface area (Å²) in [4.78, 5) is 12.7. The number of hydrogen-bond acceptors (Lipinski definition) is 5. The van der Waals surface area contributed by atoms with Gasteiger partial charge in [-0.25, -0.2) is 9.07 Å². The van der Waals surface area contributed by atoms with Gasteiger partial charge in [-0.1, -0.05) is 12.1 Å². The van der Waals surface area contributed by atoms with Crippen LogP contribution in [-0.4, -0.2) is 31.6 Å². The predicted octanol–water partition coefficient (Wildman–Crippen LogP) is 4.77. The van der Waals surface area contributed by atoms with Crippen molar-refractivity contribution >= 4 is 17.4 Å². The first-order valence-corrected chi connectivity index (χ1v) is 10.3. The molecule has 0 fully saturated rings. The lowest BCUT2D eigenvalue weighted by atomic mass is 10.0. The number of anilines is 2. The highest BCUT2D eigenvalue weighted by molar-refractivity contribution is 6.03. The van der Waals surface area contributed by atoms with Gasteiger partial charge in [0, 0.05) is 18.7 Å². The Bertz CT molecular complexity index is 1290. The van der Waals surface area contributed by atoms with Gasteiger partial charge >= 0.3 is 6.18 Å². The number of fused-ring (bicyclic) bond motifs is 1. The summed E-state index contributed by atoms with van der Waals surface area (Å²) in [5, 5.41) is 13.6. The van der Waals surface area contributed by atoms with E-state index in [1.165, 1.54) is 35.3 Å². The molecule has 1 amide bonds. The number of halogens is 4. The predicted molar refractivity (Wildman–Crippen MR) is 113 cm³/mol. The van der Waals surface area contributed by atoms with E-state index in [1.807, 2.05) is 0 Å². The van der Waals surface area contributed by atoms with Crippen LogP contribution in [0.1, 0.15) is 40.3 Å². The molecule has 34 heavy (non-hydrogen) atoms. The Morgan fingerprint density at radius 3 is 2.74 bits per heavy atom. The molecule has 12 heteroatoms. The van der Waals surface area contributed by atoms with Crippen LogP contribution in [-0.2, 0) is 6.54 Å². The van der Waals surface area contributed by atoms with E-state index in [0.29, 0.717) is 18.0 Å². The minimum atomic E-state index is -4.57. The van der Waals surface area contributed by atoms with Gasteiger partial charge in [0.25, 0.3) is 5.91 Å². The molecular weight excluding hydrogens is 456 g/mol. The van der Waals surface area contributed by atoms with Crippen molar-refractivity contribution in [3.8, 4) is 0 Å². The van der Waals surface area contributed by atoms with E-state index < -0.39 is 24.2 Å². The summed E-state index contributed by atoms with van der Waals surface area (Å²) in [6.07, 6.45) is -0.547. The third-order valence-electron chi connectivity index (χ3n) is 5.46. The first-order chi connectivity index (χ1) is 16.3. The topological polar surface area (TPSA) is 89.9 Å². The molecule has 2 N–H and O–H groups in total. The van der Waals surface area contributed by atoms with Gasteiger partial charge in [-0.2, -0.15) is 23.4 Å². The van der Waals surface area contributed by atoms with E-state index in [2.05, 4.69) is 20.8 Å². The Labute approximate surface area is 190 Å². The Morgan fingerprint density at radius 1 is 1.24 bits per heavy atom. The number of aromatic nitrogens is 4. The molecule has 8 nitrogen and oxygen atoms in total. The van der Waals surface area contributed by atoms with E-state index >= 15 is 0 Å². The van der Waals surface area contributed by atoms with Gasteiger partial charge in [-0.05, 0) is 29.8 Å². The molecule has 0 radical (unpaired) electrons. The minimum absolute atomic E-state index is 0.0622. The average Bonchev–Trinajstić information content (AvgIpc) is 3.54. The number of rotatable bonds is 5. The van der Waals surface area contributed by atoms with Crippen LogP contribution in [0.4, 0.5) is 29.1 Å². The number of nitrogens with one attached hydrogen (secondary N) is 2. The number of carbonyl (C=O) groups excluding carboxylic acids is 1. The van der Waals surface area contributed by atoms with Crippen molar-refractivity contribution in [1.82, 2.24) is 19.6 Å². The van der Waals surface area contributed by atoms with Crippen molar-refractivity contribution in [2.45, 2.75) is 31.2 Å². The zero-order chi connectivity index (χ0) is 23.9. The van der Waals surface area contributed by atoms with E-state index in [0.717, 1.165) is 10.2 Å². The van der Waals surface area contributed by atoms with Crippen LogP contribution in [0.25, 0.3) is 0 Å². The van der Waals surface area contributed by atoms with Gasteiger partial charge in [0.1, 0.15) is 17.4 Å². The number of amides is 1. The maximum atomic E-state index is 13.7. The highest BCUT2D eigenvalue weighted by atomic mass is 19.4. The molecule has 1 aromatic carbocycles. The molecule has 4 aromatic rings. The van der Waals surface area contributed by atoms with Crippen molar-refractivity contribution in [1.29, 1.82) is 0 Å². The smallest absolute Gasteiger partial charge is 0.410 e. The fourth-order valence-electron chi connectivity index (χ4n) is 3.85. The van der Waals surface area contributed by atoms with Crippen LogP contribution in [0, 0.1) is 5.82 Å². The third kappa shape index (κ3) is 4.38. The SMILES string of the molecule is O=C(Nc1cnn(Cc2ccc(F)cc2)c1)c1cc2n(n1)[C@@H](C(F)(F)F)C[C@H](c1ccco1)N2. The fourth-order valence-corrected chi connectivity index (χ4v) is 3.85. The maximum absolute atomic E-state index is 13.7. The van der Waals surface area contributed by atoms with E-state index in [4.69, 9.17) is 4.42 Å². The Hall–Kier alpha value is -4.09. The van der Waals surface area contributed by atoms with Gasteiger partial charge < -0.3 is 15.1 Å². The second kappa shape index (κ2) is 8.36. The zero-order valence-corrected chi connectivity index (χ0v) is 17.5. The highest BCUT2D eigenvalue weighted by Gasteiger charge is 2.47. The second-order valence-corrected chi connectivity index (χ2v) is 7.87. The molecular formula is C22H18F4N6O2. The molecule has 2 atom stereocenters. The maximum Gasteiger partial charge on any atom is 0.410 e. The summed E-state index contributed by atoms with van der Waals surface area (Å²) in [6, 6.07) is 7.73. The van der Waals surface area contributed by atoms with Crippen molar-refractivity contribution in [3.05, 3.63) is 84.0 Å². The lowest BCUT2D eigenvalue weighted by Crippen LogP contribution is -2.35. The highest BCUT2D eigenvalue weighted by Crippen LogP contribution is 2.43. The van der Waals surface area contributed by atoms with Gasteiger partial charge in [0.15, 0.2) is 11.7 Å². The molecule has 0 unspecified atom stereocenters. The summed E-state index contributed by atoms with van der Waals surface area (Å²) >= 11 is 0. The molecule has 0 spiro atoms. The Balaban J connectivity index is 1.33. The molecule has 0 aliphatic carbocycles. The molecule has 0 saturated heterocycles. The molecule has 0 saturated carbocycles. The molecule has 176 valence electrons. The van der Waals surface area contributed by atoms with E-state index in [9.17, 15) is 22.4 Å². The molecule has 1 aliphatic heterocycles. The monoisotopic (exact) mass is 474 g/mol. The zero-order valence-electron chi connectivity index (χ0n) is 17.5. The van der Waals surface area contributed by atoms with E-state index in [-0.39, 0.29) is 23.7 Å². The lowest BCUT2D eigenvalue weighted by Gasteiger charge is -2.32. The van der Waals surface area contributed by atoms with Gasteiger partial charge in [-0.15, -0.1) is 0 Å². The molecule has 0 bridgehead atoms. The number of carbonyl (C=O) groups is 1. The van der Waals surface area contributed by atoms with Crippen LogP contribution >= 0.6 is 0 Å². The summed E-state index contributed by atoms with van der Waals surface area (Å²) in [6.45, 7) is 0.347. The minimum Gasteiger partial charge on any atom is -0.467 e. The quantitative estimate of drug-likeness (QED) is 0.407. The Morgan fingerprint density at radius 2 is 2.03 bits per heavy atom. The fraction of sp³-hybridized carbons (Fsp3) is 0.227. The number of hydrogen-bond donors (Lipinski definition) is 2. The number of benzene rings is 1. The van der Waals surface area contributed by atoms with Crippen LogP contribution < -0.4 is 10.6 Å². The molecule has 5 rings (SSSR count). The molecule has 3 aromatic heterocycles. The molecule has 1 aliphatic rings. The molecule has 4 heterocycles. The third-order valence-corrected chi connectivity index (χ3v) is 5.46. The van der Waals surface area contributed by atoms with Crippen molar-refractivity contribution in [3.63, 3.8) is 0 Å². The number of nitrogens with zero attached hydrogens (tertiary/aromatic N) is 4. The van der Waals surface area contributed by atoms with Gasteiger partial charge in [-0.3, -0.25) is 9.48 Å². The van der Waals surface area contributed by atoms with Crippen molar-refractivity contribution < 1.29 is 26.8 Å². The summed E-state index contributed by atoms with van der Waals surface area (Å²) < 4.78 is 61.9. The van der Waals surface area contributed by atoms with Crippen molar-refractivity contribution in [2.75, 3.05) is 10.6 Å². The lowest BCUT2D eigenvalue weighted by molar-refractivity contribution is -0.174. The summed E-state index contributed by atoms with van der Waals surface area (Å²) in [5.41, 5.74) is 0.967. The van der Waals surface area contributed by atoms with Crippen LogP contribution in [0.15, 0.2) is 65.5 Å². The van der Waals surface area contributed by atoms with Crippen LogP contribution in [0.5, 0.6) is 0 Å². The summed E-state index contributed by atoms with van der Waals surface area (Å²) in [5.74, 6) is -0.605. The summed E-state index contributed by atoms with van der Waals surface area (Å²) in [7, 11) is 0. The van der Waals surface area contributed by atoms with Crippen LogP contribution in [0.2, 0.25) is 0 Å². The standard InChI is InChI=1S/C22H18F4N6O2/c23-14-5-3-13(4-6-14)11-31-12-15(10-27-31)28-21(33)17-9-20-29-16(18-2-1-7-34-18)8-19(22(24,25)26)32(20)30-17/h1-7,9-10,12,16,19,29H,8,11H2,(H,28,33)/t16-,19-/m1/s1. The largest absolute Gasteiger partial charge is 0.467 e. The van der Waals surface area contributed by atoms with Crippen LogP contribution in [0.3, 0.4) is 0 Å².